The normalized spacial score (nSPS) is 15.3. The Morgan fingerprint density at radius 3 is 2.23 bits per heavy atom. The Kier molecular flexibility index (Phi) is 7.06. The first-order valence-corrected chi connectivity index (χ1v) is 11.7. The van der Waals surface area contributed by atoms with Gasteiger partial charge in [-0.1, -0.05) is 23.7 Å². The van der Waals surface area contributed by atoms with E-state index in [0.717, 1.165) is 16.7 Å². The number of nitrogens with zero attached hydrogens (tertiary/aromatic N) is 2. The van der Waals surface area contributed by atoms with Gasteiger partial charge in [-0.3, -0.25) is 4.79 Å². The van der Waals surface area contributed by atoms with Gasteiger partial charge in [0.1, 0.15) is 10.6 Å². The quantitative estimate of drug-likeness (QED) is 0.676. The molecule has 0 N–H and O–H groups in total. The van der Waals surface area contributed by atoms with Gasteiger partial charge < -0.3 is 9.64 Å². The summed E-state index contributed by atoms with van der Waals surface area (Å²) in [7, 11) is -2.22. The van der Waals surface area contributed by atoms with Crippen molar-refractivity contribution in [2.75, 3.05) is 33.3 Å². The number of sulfonamides is 1. The van der Waals surface area contributed by atoms with Crippen LogP contribution in [0.1, 0.15) is 23.1 Å². The van der Waals surface area contributed by atoms with Gasteiger partial charge in [0.05, 0.1) is 7.11 Å². The van der Waals surface area contributed by atoms with Crippen LogP contribution in [0.2, 0.25) is 5.02 Å². The van der Waals surface area contributed by atoms with Gasteiger partial charge in [0.2, 0.25) is 15.9 Å². The van der Waals surface area contributed by atoms with Crippen molar-refractivity contribution >= 4 is 27.5 Å². The third-order valence-corrected chi connectivity index (χ3v) is 7.70. The molecule has 1 aliphatic rings. The number of methoxy groups -OCH3 is 1. The number of hydrogen-bond donors (Lipinski definition) is 0. The molecular formula is C22H27ClN2O4S. The molecule has 1 amide bonds. The second kappa shape index (κ2) is 9.37. The number of amides is 1. The van der Waals surface area contributed by atoms with Crippen molar-refractivity contribution in [1.29, 1.82) is 0 Å². The van der Waals surface area contributed by atoms with Gasteiger partial charge in [-0.2, -0.15) is 4.31 Å². The monoisotopic (exact) mass is 450 g/mol. The zero-order valence-electron chi connectivity index (χ0n) is 17.5. The van der Waals surface area contributed by atoms with E-state index in [1.54, 1.807) is 17.0 Å². The summed E-state index contributed by atoms with van der Waals surface area (Å²) in [6, 6.07) is 10.9. The lowest BCUT2D eigenvalue weighted by Gasteiger charge is -2.34. The van der Waals surface area contributed by atoms with Crippen molar-refractivity contribution in [3.05, 3.63) is 58.1 Å². The van der Waals surface area contributed by atoms with E-state index >= 15 is 0 Å². The standard InChI is InChI=1S/C22H27ClN2O4S/c1-16-14-20(29-3)21(15-17(16)2)30(27,28)25-12-10-24(11-13-25)22(26)9-6-18-4-7-19(23)8-5-18/h4-5,7-8,14-15H,6,9-13H2,1-3H3. The summed E-state index contributed by atoms with van der Waals surface area (Å²) < 4.78 is 33.1. The van der Waals surface area contributed by atoms with Crippen LogP contribution in [-0.4, -0.2) is 56.8 Å². The Morgan fingerprint density at radius 2 is 1.63 bits per heavy atom. The summed E-state index contributed by atoms with van der Waals surface area (Å²) in [4.78, 5) is 14.5. The van der Waals surface area contributed by atoms with Gasteiger partial charge >= 0.3 is 0 Å². The maximum absolute atomic E-state index is 13.2. The second-order valence-electron chi connectivity index (χ2n) is 7.50. The Morgan fingerprint density at radius 1 is 1.03 bits per heavy atom. The van der Waals surface area contributed by atoms with Crippen molar-refractivity contribution in [3.63, 3.8) is 0 Å². The number of halogens is 1. The van der Waals surface area contributed by atoms with Gasteiger partial charge in [0.15, 0.2) is 0 Å². The van der Waals surface area contributed by atoms with Crippen LogP contribution in [0.5, 0.6) is 5.75 Å². The highest BCUT2D eigenvalue weighted by Crippen LogP contribution is 2.30. The SMILES string of the molecule is COc1cc(C)c(C)cc1S(=O)(=O)N1CCN(C(=O)CCc2ccc(Cl)cc2)CC1. The molecule has 0 aromatic heterocycles. The molecule has 0 saturated carbocycles. The highest BCUT2D eigenvalue weighted by Gasteiger charge is 2.32. The molecule has 1 saturated heterocycles. The fourth-order valence-corrected chi connectivity index (χ4v) is 5.27. The highest BCUT2D eigenvalue weighted by atomic mass is 35.5. The van der Waals surface area contributed by atoms with Crippen LogP contribution in [0.3, 0.4) is 0 Å². The van der Waals surface area contributed by atoms with Crippen LogP contribution in [-0.2, 0) is 21.2 Å². The van der Waals surface area contributed by atoms with E-state index < -0.39 is 10.0 Å². The lowest BCUT2D eigenvalue weighted by atomic mass is 10.1. The zero-order chi connectivity index (χ0) is 21.9. The van der Waals surface area contributed by atoms with Crippen LogP contribution in [0.4, 0.5) is 0 Å². The maximum atomic E-state index is 13.2. The molecule has 0 radical (unpaired) electrons. The molecule has 0 aliphatic carbocycles. The first kappa shape index (κ1) is 22.6. The first-order valence-electron chi connectivity index (χ1n) is 9.90. The number of ether oxygens (including phenoxy) is 1. The third-order valence-electron chi connectivity index (χ3n) is 5.53. The Hall–Kier alpha value is -2.09. The van der Waals surface area contributed by atoms with E-state index in [0.29, 0.717) is 36.7 Å². The van der Waals surface area contributed by atoms with Crippen LogP contribution < -0.4 is 4.74 Å². The highest BCUT2D eigenvalue weighted by molar-refractivity contribution is 7.89. The number of piperazine rings is 1. The number of aryl methyl sites for hydroxylation is 3. The summed E-state index contributed by atoms with van der Waals surface area (Å²) >= 11 is 5.89. The van der Waals surface area contributed by atoms with Crippen LogP contribution in [0.15, 0.2) is 41.3 Å². The number of carbonyl (C=O) groups is 1. The second-order valence-corrected chi connectivity index (χ2v) is 9.84. The Bertz CT molecular complexity index is 1010. The minimum absolute atomic E-state index is 0.0331. The molecule has 2 aromatic rings. The summed E-state index contributed by atoms with van der Waals surface area (Å²) in [6.07, 6.45) is 1.02. The van der Waals surface area contributed by atoms with Gasteiger partial charge in [0, 0.05) is 37.6 Å². The van der Waals surface area contributed by atoms with E-state index in [4.69, 9.17) is 16.3 Å². The van der Waals surface area contributed by atoms with E-state index in [1.807, 2.05) is 38.1 Å². The molecule has 0 atom stereocenters. The van der Waals surface area contributed by atoms with Gasteiger partial charge in [0.25, 0.3) is 0 Å². The van der Waals surface area contributed by atoms with E-state index in [2.05, 4.69) is 0 Å². The fraction of sp³-hybridized carbons (Fsp3) is 0.409. The predicted molar refractivity (Wildman–Crippen MR) is 118 cm³/mol. The number of benzene rings is 2. The predicted octanol–water partition coefficient (Wildman–Crippen LogP) is 3.43. The molecule has 1 aliphatic heterocycles. The molecule has 1 heterocycles. The lowest BCUT2D eigenvalue weighted by Crippen LogP contribution is -2.50. The van der Waals surface area contributed by atoms with Crippen molar-refractivity contribution < 1.29 is 17.9 Å². The topological polar surface area (TPSA) is 66.9 Å². The number of rotatable bonds is 6. The zero-order valence-corrected chi connectivity index (χ0v) is 19.1. The first-order chi connectivity index (χ1) is 14.2. The maximum Gasteiger partial charge on any atom is 0.246 e. The smallest absolute Gasteiger partial charge is 0.246 e. The van der Waals surface area contributed by atoms with E-state index in [1.165, 1.54) is 11.4 Å². The van der Waals surface area contributed by atoms with Crippen molar-refractivity contribution in [2.24, 2.45) is 0 Å². The molecule has 0 unspecified atom stereocenters. The van der Waals surface area contributed by atoms with Crippen molar-refractivity contribution in [1.82, 2.24) is 9.21 Å². The fourth-order valence-electron chi connectivity index (χ4n) is 3.50. The van der Waals surface area contributed by atoms with Crippen LogP contribution in [0, 0.1) is 13.8 Å². The van der Waals surface area contributed by atoms with Crippen molar-refractivity contribution in [2.45, 2.75) is 31.6 Å². The molecule has 3 rings (SSSR count). The lowest BCUT2D eigenvalue weighted by molar-refractivity contribution is -0.132. The Balaban J connectivity index is 1.62. The largest absolute Gasteiger partial charge is 0.495 e. The molecule has 1 fully saturated rings. The van der Waals surface area contributed by atoms with E-state index in [9.17, 15) is 13.2 Å². The van der Waals surface area contributed by atoms with Gasteiger partial charge in [-0.25, -0.2) is 8.42 Å². The summed E-state index contributed by atoms with van der Waals surface area (Å²) in [5.74, 6) is 0.380. The van der Waals surface area contributed by atoms with Crippen LogP contribution >= 0.6 is 11.6 Å². The molecule has 30 heavy (non-hydrogen) atoms. The average molecular weight is 451 g/mol. The van der Waals surface area contributed by atoms with Crippen molar-refractivity contribution in [3.8, 4) is 5.75 Å². The molecule has 8 heteroatoms. The molecule has 0 spiro atoms. The molecule has 6 nitrogen and oxygen atoms in total. The molecule has 0 bridgehead atoms. The van der Waals surface area contributed by atoms with Crippen LogP contribution in [0.25, 0.3) is 0 Å². The molecule has 162 valence electrons. The average Bonchev–Trinajstić information content (AvgIpc) is 2.74. The minimum atomic E-state index is -3.69. The molecule has 2 aromatic carbocycles. The summed E-state index contributed by atoms with van der Waals surface area (Å²) in [6.45, 7) is 5.10. The van der Waals surface area contributed by atoms with Gasteiger partial charge in [-0.15, -0.1) is 0 Å². The van der Waals surface area contributed by atoms with Gasteiger partial charge in [-0.05, 0) is 61.2 Å². The number of hydrogen-bond acceptors (Lipinski definition) is 4. The minimum Gasteiger partial charge on any atom is -0.495 e. The summed E-state index contributed by atoms with van der Waals surface area (Å²) in [5.41, 5.74) is 2.92. The Labute approximate surface area is 183 Å². The number of carbonyl (C=O) groups excluding carboxylic acids is 1. The van der Waals surface area contributed by atoms with E-state index in [-0.39, 0.29) is 23.9 Å². The summed E-state index contributed by atoms with van der Waals surface area (Å²) in [5, 5.41) is 0.669. The molecular weight excluding hydrogens is 424 g/mol. The third kappa shape index (κ3) is 4.96.